The number of benzene rings is 1. The fourth-order valence-corrected chi connectivity index (χ4v) is 3.67. The zero-order valence-corrected chi connectivity index (χ0v) is 13.0. The van der Waals surface area contributed by atoms with E-state index in [0.29, 0.717) is 11.5 Å². The summed E-state index contributed by atoms with van der Waals surface area (Å²) in [5, 5.41) is 10.5. The molecule has 1 atom stereocenters. The molecule has 2 heterocycles. The lowest BCUT2D eigenvalue weighted by molar-refractivity contribution is 0.392. The number of aromatic hydroxyl groups is 1. The van der Waals surface area contributed by atoms with Crippen LogP contribution in [0.5, 0.6) is 23.0 Å². The second-order valence-electron chi connectivity index (χ2n) is 7.08. The summed E-state index contributed by atoms with van der Waals surface area (Å²) >= 11 is 0. The predicted octanol–water partition coefficient (Wildman–Crippen LogP) is 4.38. The van der Waals surface area contributed by atoms with Gasteiger partial charge in [0.1, 0.15) is 5.75 Å². The Balaban J connectivity index is 2.40. The molecular weight excluding hydrogens is 263 g/mol. The van der Waals surface area contributed by atoms with Crippen LogP contribution in [0.2, 0.25) is 0 Å². The van der Waals surface area contributed by atoms with Crippen molar-refractivity contribution >= 4 is 8.60 Å². The standard InChI is InChI=1S/C14H19O4P/c1-13(2,3)7-9(15)12-11-8(14(4,5)6)10(7)16-19(17-11)18-12/h15H,1-6H3. The molecule has 5 heteroatoms. The van der Waals surface area contributed by atoms with Crippen molar-refractivity contribution in [3.63, 3.8) is 0 Å². The highest BCUT2D eigenvalue weighted by atomic mass is 31.2. The smallest absolute Gasteiger partial charge is 0.504 e. The van der Waals surface area contributed by atoms with E-state index in [1.165, 1.54) is 0 Å². The SMILES string of the molecule is CC(C)(C)c1c(O)c2c3c(C(C)(C)C)c1OP(O2)O3. The average molecular weight is 282 g/mol. The van der Waals surface area contributed by atoms with Crippen molar-refractivity contribution in [2.45, 2.75) is 52.4 Å². The van der Waals surface area contributed by atoms with Gasteiger partial charge in [0.25, 0.3) is 0 Å². The Bertz CT molecular complexity index is 548. The Labute approximate surface area is 114 Å². The molecular formula is C14H19O4P. The van der Waals surface area contributed by atoms with Crippen LogP contribution in [0.1, 0.15) is 52.7 Å². The Hall–Kier alpha value is -1.15. The first-order chi connectivity index (χ1) is 8.60. The van der Waals surface area contributed by atoms with Crippen LogP contribution in [0.25, 0.3) is 0 Å². The first kappa shape index (κ1) is 12.9. The first-order valence-corrected chi connectivity index (χ1v) is 7.48. The van der Waals surface area contributed by atoms with Gasteiger partial charge in [0.05, 0.1) is 0 Å². The Morgan fingerprint density at radius 2 is 1.21 bits per heavy atom. The quantitative estimate of drug-likeness (QED) is 0.717. The molecule has 2 aliphatic heterocycles. The molecule has 1 aromatic carbocycles. The number of hydrogen-bond acceptors (Lipinski definition) is 4. The normalized spacial score (nSPS) is 20.0. The third kappa shape index (κ3) is 1.69. The fraction of sp³-hybridized carbons (Fsp3) is 0.571. The van der Waals surface area contributed by atoms with Gasteiger partial charge in [-0.05, 0) is 10.8 Å². The first-order valence-electron chi connectivity index (χ1n) is 6.38. The molecule has 3 rings (SSSR count). The van der Waals surface area contributed by atoms with Crippen LogP contribution < -0.4 is 13.6 Å². The monoisotopic (exact) mass is 282 g/mol. The van der Waals surface area contributed by atoms with Crippen molar-refractivity contribution in [3.05, 3.63) is 11.1 Å². The molecule has 0 radical (unpaired) electrons. The van der Waals surface area contributed by atoms with Gasteiger partial charge in [-0.2, -0.15) is 0 Å². The van der Waals surface area contributed by atoms with Crippen LogP contribution in [0, 0.1) is 0 Å². The molecule has 0 spiro atoms. The van der Waals surface area contributed by atoms with E-state index >= 15 is 0 Å². The minimum absolute atomic E-state index is 0.137. The fourth-order valence-electron chi connectivity index (χ4n) is 2.59. The number of phenolic OH excluding ortho intramolecular Hbond substituents is 1. The minimum atomic E-state index is -1.42. The second kappa shape index (κ2) is 3.49. The zero-order valence-electron chi connectivity index (χ0n) is 12.1. The van der Waals surface area contributed by atoms with Crippen molar-refractivity contribution in [2.75, 3.05) is 0 Å². The van der Waals surface area contributed by atoms with Gasteiger partial charge in [0.2, 0.25) is 5.75 Å². The number of hydrogen-bond donors (Lipinski definition) is 1. The van der Waals surface area contributed by atoms with Gasteiger partial charge in [-0.15, -0.1) is 0 Å². The van der Waals surface area contributed by atoms with E-state index in [0.717, 1.165) is 16.9 Å². The summed E-state index contributed by atoms with van der Waals surface area (Å²) in [7, 11) is -1.42. The molecule has 4 nitrogen and oxygen atoms in total. The summed E-state index contributed by atoms with van der Waals surface area (Å²) in [5.41, 5.74) is 1.44. The van der Waals surface area contributed by atoms with Crippen molar-refractivity contribution < 1.29 is 18.7 Å². The lowest BCUT2D eigenvalue weighted by Gasteiger charge is -2.31. The topological polar surface area (TPSA) is 47.9 Å². The van der Waals surface area contributed by atoms with Crippen molar-refractivity contribution in [1.29, 1.82) is 0 Å². The van der Waals surface area contributed by atoms with Crippen LogP contribution in [0.15, 0.2) is 0 Å². The van der Waals surface area contributed by atoms with E-state index in [2.05, 4.69) is 41.5 Å². The molecule has 3 bridgehead atoms. The Kier molecular flexibility index (Phi) is 2.36. The molecule has 0 saturated carbocycles. The third-order valence-corrected chi connectivity index (χ3v) is 4.33. The van der Waals surface area contributed by atoms with Gasteiger partial charge in [0, 0.05) is 11.1 Å². The summed E-state index contributed by atoms with van der Waals surface area (Å²) in [6, 6.07) is 0. The maximum absolute atomic E-state index is 10.5. The Morgan fingerprint density at radius 1 is 0.737 bits per heavy atom. The third-order valence-electron chi connectivity index (χ3n) is 3.34. The lowest BCUT2D eigenvalue weighted by Crippen LogP contribution is -2.21. The van der Waals surface area contributed by atoms with Gasteiger partial charge in [0.15, 0.2) is 11.5 Å². The summed E-state index contributed by atoms with van der Waals surface area (Å²) in [6.45, 7) is 12.5. The van der Waals surface area contributed by atoms with Gasteiger partial charge >= 0.3 is 8.60 Å². The Morgan fingerprint density at radius 3 is 1.74 bits per heavy atom. The van der Waals surface area contributed by atoms with E-state index in [1.54, 1.807) is 0 Å². The molecule has 104 valence electrons. The van der Waals surface area contributed by atoms with Crippen molar-refractivity contribution in [1.82, 2.24) is 0 Å². The van der Waals surface area contributed by atoms with Crippen molar-refractivity contribution in [2.24, 2.45) is 0 Å². The van der Waals surface area contributed by atoms with E-state index in [1.807, 2.05) is 0 Å². The molecule has 2 aliphatic rings. The molecule has 0 aliphatic carbocycles. The van der Waals surface area contributed by atoms with Crippen LogP contribution in [0.4, 0.5) is 0 Å². The maximum Gasteiger partial charge on any atom is 0.530 e. The molecule has 0 saturated heterocycles. The number of rotatable bonds is 0. The van der Waals surface area contributed by atoms with Gasteiger partial charge in [-0.3, -0.25) is 0 Å². The highest BCUT2D eigenvalue weighted by Crippen LogP contribution is 2.69. The number of fused-ring (bicyclic) bond motifs is 2. The minimum Gasteiger partial charge on any atom is -0.504 e. The summed E-state index contributed by atoms with van der Waals surface area (Å²) < 4.78 is 17.1. The summed E-state index contributed by atoms with van der Waals surface area (Å²) in [5.74, 6) is 2.01. The lowest BCUT2D eigenvalue weighted by atomic mass is 9.78. The van der Waals surface area contributed by atoms with E-state index < -0.39 is 8.60 Å². The number of phenols is 1. The average Bonchev–Trinajstić information content (AvgIpc) is 2.45. The van der Waals surface area contributed by atoms with Gasteiger partial charge < -0.3 is 18.7 Å². The van der Waals surface area contributed by atoms with E-state index in [-0.39, 0.29) is 16.6 Å². The molecule has 1 unspecified atom stereocenters. The highest BCUT2D eigenvalue weighted by Gasteiger charge is 2.48. The molecule has 1 N–H and O–H groups in total. The maximum atomic E-state index is 10.5. The van der Waals surface area contributed by atoms with Crippen LogP contribution in [-0.4, -0.2) is 5.11 Å². The largest absolute Gasteiger partial charge is 0.530 e. The summed E-state index contributed by atoms with van der Waals surface area (Å²) in [6.07, 6.45) is 0. The molecule has 19 heavy (non-hydrogen) atoms. The zero-order chi connectivity index (χ0) is 14.2. The van der Waals surface area contributed by atoms with Gasteiger partial charge in [-0.25, -0.2) is 0 Å². The van der Waals surface area contributed by atoms with Crippen LogP contribution in [-0.2, 0) is 10.8 Å². The molecule has 0 aromatic heterocycles. The highest BCUT2D eigenvalue weighted by molar-refractivity contribution is 7.43. The van der Waals surface area contributed by atoms with E-state index in [9.17, 15) is 5.11 Å². The molecule has 0 fully saturated rings. The van der Waals surface area contributed by atoms with E-state index in [4.69, 9.17) is 13.6 Å². The summed E-state index contributed by atoms with van der Waals surface area (Å²) in [4.78, 5) is 0. The predicted molar refractivity (Wildman–Crippen MR) is 74.3 cm³/mol. The van der Waals surface area contributed by atoms with Gasteiger partial charge in [-0.1, -0.05) is 41.5 Å². The molecule has 1 aromatic rings. The molecule has 0 amide bonds. The van der Waals surface area contributed by atoms with Crippen molar-refractivity contribution in [3.8, 4) is 23.0 Å². The van der Waals surface area contributed by atoms with Crippen LogP contribution >= 0.6 is 8.60 Å². The van der Waals surface area contributed by atoms with Crippen LogP contribution in [0.3, 0.4) is 0 Å². The second-order valence-corrected chi connectivity index (χ2v) is 8.08.